The van der Waals surface area contributed by atoms with Crippen molar-refractivity contribution in [2.75, 3.05) is 0 Å². The summed E-state index contributed by atoms with van der Waals surface area (Å²) in [4.78, 5) is 0. The van der Waals surface area contributed by atoms with E-state index in [1.165, 1.54) is 110 Å². The van der Waals surface area contributed by atoms with Gasteiger partial charge in [-0.2, -0.15) is 0 Å². The van der Waals surface area contributed by atoms with E-state index in [1.807, 2.05) is 0 Å². The maximum Gasteiger partial charge on any atom is 0.0544 e. The standard InChI is InChI=1S/C55H38N2/c1-55(2)49-18-10-8-16-43(49)45-33-48-47-32-40(24-29-53(47)56(54(48)34-50(45)55)41-25-20-37(21-26-41)35-12-4-3-5-13-35)39-23-28-52-46(31-39)44-17-9-11-19-51(44)57(52)42-27-22-36-14-6-7-15-38(36)30-42/h3-34H,1-2H3. The van der Waals surface area contributed by atoms with E-state index in [0.29, 0.717) is 0 Å². The summed E-state index contributed by atoms with van der Waals surface area (Å²) in [6, 6.07) is 71.9. The van der Waals surface area contributed by atoms with Gasteiger partial charge in [0.1, 0.15) is 0 Å². The Morgan fingerprint density at radius 2 is 0.877 bits per heavy atom. The van der Waals surface area contributed by atoms with Crippen LogP contribution in [0.4, 0.5) is 0 Å². The third kappa shape index (κ3) is 4.71. The number of hydrogen-bond acceptors (Lipinski definition) is 0. The Morgan fingerprint density at radius 1 is 0.316 bits per heavy atom. The monoisotopic (exact) mass is 726 g/mol. The molecule has 0 unspecified atom stereocenters. The first-order valence-corrected chi connectivity index (χ1v) is 19.9. The Labute approximate surface area is 331 Å². The van der Waals surface area contributed by atoms with Crippen LogP contribution in [-0.2, 0) is 5.41 Å². The number of hydrogen-bond donors (Lipinski definition) is 0. The van der Waals surface area contributed by atoms with Crippen LogP contribution < -0.4 is 0 Å². The molecule has 0 saturated heterocycles. The maximum absolute atomic E-state index is 2.48. The average molecular weight is 727 g/mol. The molecule has 0 fully saturated rings. The highest BCUT2D eigenvalue weighted by atomic mass is 15.0. The summed E-state index contributed by atoms with van der Waals surface area (Å²) >= 11 is 0. The van der Waals surface area contributed by atoms with Gasteiger partial charge in [-0.05, 0) is 122 Å². The Balaban J connectivity index is 1.06. The van der Waals surface area contributed by atoms with Crippen molar-refractivity contribution >= 4 is 54.4 Å². The zero-order valence-electron chi connectivity index (χ0n) is 31.9. The minimum Gasteiger partial charge on any atom is -0.309 e. The minimum atomic E-state index is -0.0921. The number of aromatic nitrogens is 2. The lowest BCUT2D eigenvalue weighted by Crippen LogP contribution is -2.14. The van der Waals surface area contributed by atoms with E-state index in [-0.39, 0.29) is 5.41 Å². The van der Waals surface area contributed by atoms with Crippen molar-refractivity contribution in [1.82, 2.24) is 9.13 Å². The van der Waals surface area contributed by atoms with E-state index in [1.54, 1.807) is 0 Å². The van der Waals surface area contributed by atoms with E-state index in [0.717, 1.165) is 0 Å². The van der Waals surface area contributed by atoms with Crippen molar-refractivity contribution in [3.63, 3.8) is 0 Å². The minimum absolute atomic E-state index is 0.0921. The molecule has 0 spiro atoms. The SMILES string of the molecule is CC1(C)c2ccccc2-c2cc3c4cc(-c5ccc6c(c5)c5ccccc5n6-c5ccc6ccccc6c5)ccc4n(-c4ccc(-c5ccccc5)cc4)c3cc21. The summed E-state index contributed by atoms with van der Waals surface area (Å²) in [6.07, 6.45) is 0. The van der Waals surface area contributed by atoms with E-state index in [9.17, 15) is 0 Å². The number of benzene rings is 9. The summed E-state index contributed by atoms with van der Waals surface area (Å²) in [6.45, 7) is 4.74. The molecule has 0 bridgehead atoms. The van der Waals surface area contributed by atoms with Crippen LogP contribution in [0.1, 0.15) is 25.0 Å². The largest absolute Gasteiger partial charge is 0.309 e. The number of nitrogens with zero attached hydrogens (tertiary/aromatic N) is 2. The molecule has 9 aromatic carbocycles. The van der Waals surface area contributed by atoms with Crippen LogP contribution >= 0.6 is 0 Å². The van der Waals surface area contributed by atoms with Crippen molar-refractivity contribution in [2.24, 2.45) is 0 Å². The van der Waals surface area contributed by atoms with E-state index in [4.69, 9.17) is 0 Å². The number of fused-ring (bicyclic) bond motifs is 10. The zero-order chi connectivity index (χ0) is 37.8. The molecule has 0 atom stereocenters. The van der Waals surface area contributed by atoms with Gasteiger partial charge in [0.2, 0.25) is 0 Å². The molecule has 1 aliphatic carbocycles. The fraction of sp³-hybridized carbons (Fsp3) is 0.0545. The Morgan fingerprint density at radius 3 is 1.67 bits per heavy atom. The molecule has 268 valence electrons. The molecular weight excluding hydrogens is 689 g/mol. The molecule has 2 heterocycles. The molecule has 2 nitrogen and oxygen atoms in total. The fourth-order valence-electron chi connectivity index (χ4n) is 9.85. The lowest BCUT2D eigenvalue weighted by atomic mass is 9.82. The van der Waals surface area contributed by atoms with Gasteiger partial charge >= 0.3 is 0 Å². The van der Waals surface area contributed by atoms with Gasteiger partial charge in [-0.3, -0.25) is 0 Å². The average Bonchev–Trinajstić information content (AvgIpc) is 3.85. The maximum atomic E-state index is 2.48. The lowest BCUT2D eigenvalue weighted by Gasteiger charge is -2.21. The van der Waals surface area contributed by atoms with Crippen LogP contribution in [0.3, 0.4) is 0 Å². The van der Waals surface area contributed by atoms with Crippen molar-refractivity contribution < 1.29 is 0 Å². The van der Waals surface area contributed by atoms with Gasteiger partial charge in [0.25, 0.3) is 0 Å². The molecule has 0 radical (unpaired) electrons. The fourth-order valence-corrected chi connectivity index (χ4v) is 9.85. The number of rotatable bonds is 4. The Bertz CT molecular complexity index is 3410. The predicted octanol–water partition coefficient (Wildman–Crippen LogP) is 14.7. The molecule has 0 aliphatic heterocycles. The first-order valence-electron chi connectivity index (χ1n) is 19.9. The quantitative estimate of drug-likeness (QED) is 0.171. The summed E-state index contributed by atoms with van der Waals surface area (Å²) in [5.41, 5.74) is 17.5. The first-order chi connectivity index (χ1) is 28.0. The van der Waals surface area contributed by atoms with E-state index in [2.05, 4.69) is 217 Å². The molecule has 12 rings (SSSR count). The Kier molecular flexibility index (Phi) is 6.72. The van der Waals surface area contributed by atoms with Gasteiger partial charge < -0.3 is 9.13 Å². The molecule has 11 aromatic rings. The van der Waals surface area contributed by atoms with Crippen LogP contribution in [0.5, 0.6) is 0 Å². The van der Waals surface area contributed by atoms with Crippen LogP contribution in [-0.4, -0.2) is 9.13 Å². The topological polar surface area (TPSA) is 9.86 Å². The normalized spacial score (nSPS) is 13.2. The highest BCUT2D eigenvalue weighted by Gasteiger charge is 2.36. The van der Waals surface area contributed by atoms with Gasteiger partial charge in [0.15, 0.2) is 0 Å². The molecule has 0 amide bonds. The van der Waals surface area contributed by atoms with Gasteiger partial charge in [0, 0.05) is 38.3 Å². The second-order valence-corrected chi connectivity index (χ2v) is 16.2. The predicted molar refractivity (Wildman–Crippen MR) is 241 cm³/mol. The molecule has 1 aliphatic rings. The summed E-state index contributed by atoms with van der Waals surface area (Å²) < 4.78 is 4.89. The molecule has 0 saturated carbocycles. The number of para-hydroxylation sites is 1. The first kappa shape index (κ1) is 32.1. The second kappa shape index (κ2) is 11.9. The van der Waals surface area contributed by atoms with Crippen LogP contribution in [0.2, 0.25) is 0 Å². The van der Waals surface area contributed by atoms with Crippen LogP contribution in [0.25, 0.3) is 99.1 Å². The van der Waals surface area contributed by atoms with Crippen LogP contribution in [0, 0.1) is 0 Å². The third-order valence-corrected chi connectivity index (χ3v) is 12.7. The lowest BCUT2D eigenvalue weighted by molar-refractivity contribution is 0.661. The smallest absolute Gasteiger partial charge is 0.0544 e. The summed E-state index contributed by atoms with van der Waals surface area (Å²) in [5.74, 6) is 0. The Hall–Kier alpha value is -7.16. The molecule has 2 heteroatoms. The third-order valence-electron chi connectivity index (χ3n) is 12.7. The van der Waals surface area contributed by atoms with Gasteiger partial charge in [-0.15, -0.1) is 0 Å². The van der Waals surface area contributed by atoms with Crippen molar-refractivity contribution in [3.8, 4) is 44.8 Å². The molecule has 57 heavy (non-hydrogen) atoms. The van der Waals surface area contributed by atoms with Gasteiger partial charge in [0.05, 0.1) is 22.1 Å². The highest BCUT2D eigenvalue weighted by molar-refractivity contribution is 6.14. The van der Waals surface area contributed by atoms with E-state index < -0.39 is 0 Å². The van der Waals surface area contributed by atoms with Crippen molar-refractivity contribution in [1.29, 1.82) is 0 Å². The second-order valence-electron chi connectivity index (χ2n) is 16.2. The summed E-state index contributed by atoms with van der Waals surface area (Å²) in [5, 5.41) is 7.56. The van der Waals surface area contributed by atoms with Crippen molar-refractivity contribution in [3.05, 3.63) is 205 Å². The molecular formula is C55H38N2. The van der Waals surface area contributed by atoms with Crippen LogP contribution in [0.15, 0.2) is 194 Å². The van der Waals surface area contributed by atoms with Gasteiger partial charge in [-0.1, -0.05) is 141 Å². The zero-order valence-corrected chi connectivity index (χ0v) is 31.9. The summed E-state index contributed by atoms with van der Waals surface area (Å²) in [7, 11) is 0. The molecule has 0 N–H and O–H groups in total. The van der Waals surface area contributed by atoms with Crippen molar-refractivity contribution in [2.45, 2.75) is 19.3 Å². The molecule has 2 aromatic heterocycles. The highest BCUT2D eigenvalue weighted by Crippen LogP contribution is 2.51. The van der Waals surface area contributed by atoms with Gasteiger partial charge in [-0.25, -0.2) is 0 Å². The van der Waals surface area contributed by atoms with E-state index >= 15 is 0 Å².